The first kappa shape index (κ1) is 17.1. The molecule has 0 radical (unpaired) electrons. The molecule has 1 aliphatic heterocycles. The number of likely N-dealkylation sites (tertiary alicyclic amines) is 1. The highest BCUT2D eigenvalue weighted by Crippen LogP contribution is 2.30. The van der Waals surface area contributed by atoms with Gasteiger partial charge in [0.2, 0.25) is 5.91 Å². The van der Waals surface area contributed by atoms with Gasteiger partial charge in [-0.15, -0.1) is 0 Å². The van der Waals surface area contributed by atoms with Crippen LogP contribution in [0.2, 0.25) is 0 Å². The van der Waals surface area contributed by atoms with E-state index in [9.17, 15) is 9.59 Å². The minimum atomic E-state index is -0.467. The number of aromatic nitrogens is 1. The molecule has 3 rings (SSSR count). The van der Waals surface area contributed by atoms with Gasteiger partial charge in [0.25, 0.3) is 0 Å². The van der Waals surface area contributed by atoms with E-state index >= 15 is 0 Å². The van der Waals surface area contributed by atoms with E-state index in [1.165, 1.54) is 0 Å². The third kappa shape index (κ3) is 4.87. The first-order valence-corrected chi connectivity index (χ1v) is 8.48. The van der Waals surface area contributed by atoms with E-state index in [2.05, 4.69) is 20.5 Å². The molecule has 2 N–H and O–H groups in total. The third-order valence-electron chi connectivity index (χ3n) is 4.33. The minimum Gasteiger partial charge on any atom is -0.334 e. The summed E-state index contributed by atoms with van der Waals surface area (Å²) >= 11 is 0. The number of imide groups is 1. The van der Waals surface area contributed by atoms with Gasteiger partial charge in [0.15, 0.2) is 0 Å². The van der Waals surface area contributed by atoms with Crippen LogP contribution >= 0.6 is 0 Å². The zero-order valence-electron chi connectivity index (χ0n) is 14.0. The normalized spacial score (nSPS) is 17.2. The maximum atomic E-state index is 12.2. The van der Waals surface area contributed by atoms with Crippen LogP contribution in [0.1, 0.15) is 30.0 Å². The van der Waals surface area contributed by atoms with Crippen molar-refractivity contribution in [1.82, 2.24) is 20.5 Å². The standard InChI is InChI=1S/C19H22N4O2/c24-18(22-19(25)21-12-15-6-2-1-3-7-15)14-23-11-5-9-17(23)16-8-4-10-20-13-16/h1-4,6-8,10,13,17H,5,9,11-12,14H2,(H2,21,22,24,25). The molecule has 0 bridgehead atoms. The molecule has 130 valence electrons. The van der Waals surface area contributed by atoms with Crippen molar-refractivity contribution in [1.29, 1.82) is 0 Å². The number of pyridine rings is 1. The number of carbonyl (C=O) groups excluding carboxylic acids is 2. The van der Waals surface area contributed by atoms with E-state index in [0.29, 0.717) is 6.54 Å². The van der Waals surface area contributed by atoms with Crippen LogP contribution in [0.25, 0.3) is 0 Å². The number of carbonyl (C=O) groups is 2. The summed E-state index contributed by atoms with van der Waals surface area (Å²) in [6, 6.07) is 13.2. The maximum absolute atomic E-state index is 12.2. The summed E-state index contributed by atoms with van der Waals surface area (Å²) in [5, 5.41) is 5.10. The molecular formula is C19H22N4O2. The fourth-order valence-corrected chi connectivity index (χ4v) is 3.14. The van der Waals surface area contributed by atoms with Crippen molar-refractivity contribution < 1.29 is 9.59 Å². The van der Waals surface area contributed by atoms with Gasteiger partial charge < -0.3 is 5.32 Å². The lowest BCUT2D eigenvalue weighted by atomic mass is 10.1. The summed E-state index contributed by atoms with van der Waals surface area (Å²) in [4.78, 5) is 30.3. The number of hydrogen-bond donors (Lipinski definition) is 2. The number of amides is 3. The Balaban J connectivity index is 1.47. The summed E-state index contributed by atoms with van der Waals surface area (Å²) in [6.45, 7) is 1.44. The molecule has 0 aliphatic carbocycles. The van der Waals surface area contributed by atoms with Gasteiger partial charge >= 0.3 is 6.03 Å². The van der Waals surface area contributed by atoms with Gasteiger partial charge in [-0.3, -0.25) is 20.0 Å². The van der Waals surface area contributed by atoms with Crippen molar-refractivity contribution >= 4 is 11.9 Å². The number of hydrogen-bond acceptors (Lipinski definition) is 4. The summed E-state index contributed by atoms with van der Waals surface area (Å²) in [6.07, 6.45) is 5.62. The number of benzene rings is 1. The molecule has 1 saturated heterocycles. The van der Waals surface area contributed by atoms with E-state index in [4.69, 9.17) is 0 Å². The van der Waals surface area contributed by atoms with E-state index in [1.807, 2.05) is 48.7 Å². The SMILES string of the molecule is O=C(CN1CCCC1c1cccnc1)NC(=O)NCc1ccccc1. The van der Waals surface area contributed by atoms with Crippen LogP contribution in [0.3, 0.4) is 0 Å². The van der Waals surface area contributed by atoms with Gasteiger partial charge in [0.1, 0.15) is 0 Å². The van der Waals surface area contributed by atoms with Gasteiger partial charge in [-0.25, -0.2) is 4.79 Å². The van der Waals surface area contributed by atoms with E-state index in [-0.39, 0.29) is 18.5 Å². The van der Waals surface area contributed by atoms with Crippen LogP contribution < -0.4 is 10.6 Å². The Morgan fingerprint density at radius 2 is 2.00 bits per heavy atom. The second-order valence-corrected chi connectivity index (χ2v) is 6.13. The zero-order chi connectivity index (χ0) is 17.5. The Labute approximate surface area is 147 Å². The third-order valence-corrected chi connectivity index (χ3v) is 4.33. The Morgan fingerprint density at radius 1 is 1.16 bits per heavy atom. The highest BCUT2D eigenvalue weighted by Gasteiger charge is 2.27. The van der Waals surface area contributed by atoms with Crippen molar-refractivity contribution in [2.75, 3.05) is 13.1 Å². The molecule has 1 fully saturated rings. The number of nitrogens with zero attached hydrogens (tertiary/aromatic N) is 2. The zero-order valence-corrected chi connectivity index (χ0v) is 14.0. The van der Waals surface area contributed by atoms with Crippen LogP contribution in [0.15, 0.2) is 54.9 Å². The van der Waals surface area contributed by atoms with Crippen LogP contribution in [0.5, 0.6) is 0 Å². The molecule has 1 aromatic heterocycles. The Morgan fingerprint density at radius 3 is 2.76 bits per heavy atom. The van der Waals surface area contributed by atoms with Crippen molar-refractivity contribution in [3.05, 3.63) is 66.0 Å². The van der Waals surface area contributed by atoms with Crippen LogP contribution in [0.4, 0.5) is 4.79 Å². The number of urea groups is 1. The molecule has 25 heavy (non-hydrogen) atoms. The molecule has 2 heterocycles. The molecule has 1 unspecified atom stereocenters. The van der Waals surface area contributed by atoms with Crippen LogP contribution in [0, 0.1) is 0 Å². The molecule has 6 nitrogen and oxygen atoms in total. The molecular weight excluding hydrogens is 316 g/mol. The van der Waals surface area contributed by atoms with Crippen LogP contribution in [-0.4, -0.2) is 34.9 Å². The number of nitrogens with one attached hydrogen (secondary N) is 2. The summed E-state index contributed by atoms with van der Waals surface area (Å²) in [7, 11) is 0. The number of rotatable bonds is 5. The minimum absolute atomic E-state index is 0.187. The topological polar surface area (TPSA) is 74.3 Å². The Kier molecular flexibility index (Phi) is 5.74. The first-order chi connectivity index (χ1) is 12.2. The summed E-state index contributed by atoms with van der Waals surface area (Å²) < 4.78 is 0. The fraction of sp³-hybridized carbons (Fsp3) is 0.316. The largest absolute Gasteiger partial charge is 0.334 e. The molecule has 1 aliphatic rings. The van der Waals surface area contributed by atoms with Gasteiger partial charge in [-0.2, -0.15) is 0 Å². The monoisotopic (exact) mass is 338 g/mol. The second kappa shape index (κ2) is 8.39. The molecule has 1 aromatic carbocycles. The van der Waals surface area contributed by atoms with Crippen molar-refractivity contribution in [3.8, 4) is 0 Å². The quantitative estimate of drug-likeness (QED) is 0.877. The van der Waals surface area contributed by atoms with Gasteiger partial charge in [-0.1, -0.05) is 36.4 Å². The van der Waals surface area contributed by atoms with E-state index in [1.54, 1.807) is 6.20 Å². The maximum Gasteiger partial charge on any atom is 0.321 e. The second-order valence-electron chi connectivity index (χ2n) is 6.13. The van der Waals surface area contributed by atoms with Crippen molar-refractivity contribution in [3.63, 3.8) is 0 Å². The summed E-state index contributed by atoms with van der Waals surface area (Å²) in [5.41, 5.74) is 2.10. The molecule has 1 atom stereocenters. The first-order valence-electron chi connectivity index (χ1n) is 8.48. The molecule has 3 amide bonds. The average molecular weight is 338 g/mol. The molecule has 2 aromatic rings. The average Bonchev–Trinajstić information content (AvgIpc) is 3.09. The van der Waals surface area contributed by atoms with Gasteiger partial charge in [0, 0.05) is 25.0 Å². The van der Waals surface area contributed by atoms with Crippen LogP contribution in [-0.2, 0) is 11.3 Å². The van der Waals surface area contributed by atoms with Gasteiger partial charge in [-0.05, 0) is 36.6 Å². The molecule has 6 heteroatoms. The predicted octanol–water partition coefficient (Wildman–Crippen LogP) is 2.24. The molecule has 0 saturated carbocycles. The lowest BCUT2D eigenvalue weighted by Crippen LogP contribution is -2.44. The molecule has 0 spiro atoms. The smallest absolute Gasteiger partial charge is 0.321 e. The van der Waals surface area contributed by atoms with Crippen molar-refractivity contribution in [2.45, 2.75) is 25.4 Å². The van der Waals surface area contributed by atoms with E-state index in [0.717, 1.165) is 30.5 Å². The Hall–Kier alpha value is -2.73. The van der Waals surface area contributed by atoms with E-state index < -0.39 is 6.03 Å². The Bertz CT molecular complexity index is 706. The van der Waals surface area contributed by atoms with Crippen molar-refractivity contribution in [2.24, 2.45) is 0 Å². The highest BCUT2D eigenvalue weighted by molar-refractivity contribution is 5.95. The van der Waals surface area contributed by atoms with Gasteiger partial charge in [0.05, 0.1) is 6.54 Å². The fourth-order valence-electron chi connectivity index (χ4n) is 3.14. The summed E-state index contributed by atoms with van der Waals surface area (Å²) in [5.74, 6) is -0.290. The predicted molar refractivity (Wildman–Crippen MR) is 94.6 cm³/mol. The lowest BCUT2D eigenvalue weighted by molar-refractivity contribution is -0.121. The highest BCUT2D eigenvalue weighted by atomic mass is 16.2. The lowest BCUT2D eigenvalue weighted by Gasteiger charge is -2.23.